The van der Waals surface area contributed by atoms with Crippen LogP contribution in [0.15, 0.2) is 0 Å². The SMILES string of the molecule is CCCCCCCCC(N)CCC.CCCCCCCCC(O)CCCCCCCCCN. The summed E-state index contributed by atoms with van der Waals surface area (Å²) in [4.78, 5) is 0. The second-order valence-corrected chi connectivity index (χ2v) is 10.4. The number of aliphatic hydroxyl groups is 1. The number of hydrogen-bond acceptors (Lipinski definition) is 3. The molecular formula is C30H66N2O. The van der Waals surface area contributed by atoms with Crippen molar-refractivity contribution < 1.29 is 5.11 Å². The highest BCUT2D eigenvalue weighted by molar-refractivity contribution is 4.60. The van der Waals surface area contributed by atoms with Gasteiger partial charge in [0.2, 0.25) is 0 Å². The van der Waals surface area contributed by atoms with Crippen LogP contribution in [-0.4, -0.2) is 23.8 Å². The first-order valence-corrected chi connectivity index (χ1v) is 15.3. The lowest BCUT2D eigenvalue weighted by Gasteiger charge is -2.10. The fourth-order valence-electron chi connectivity index (χ4n) is 4.41. The van der Waals surface area contributed by atoms with Gasteiger partial charge in [-0.1, -0.05) is 143 Å². The molecule has 0 heterocycles. The van der Waals surface area contributed by atoms with Gasteiger partial charge in [0.15, 0.2) is 0 Å². The molecule has 5 N–H and O–H groups in total. The zero-order valence-electron chi connectivity index (χ0n) is 23.4. The Morgan fingerprint density at radius 3 is 1.21 bits per heavy atom. The summed E-state index contributed by atoms with van der Waals surface area (Å²) in [5.74, 6) is 0. The molecule has 0 fully saturated rings. The fourth-order valence-corrected chi connectivity index (χ4v) is 4.41. The molecular weight excluding hydrogens is 404 g/mol. The monoisotopic (exact) mass is 471 g/mol. The van der Waals surface area contributed by atoms with E-state index in [-0.39, 0.29) is 6.10 Å². The van der Waals surface area contributed by atoms with Gasteiger partial charge in [0.25, 0.3) is 0 Å². The Morgan fingerprint density at radius 2 is 0.818 bits per heavy atom. The predicted molar refractivity (Wildman–Crippen MR) is 151 cm³/mol. The van der Waals surface area contributed by atoms with E-state index < -0.39 is 0 Å². The molecule has 2 unspecified atom stereocenters. The second-order valence-electron chi connectivity index (χ2n) is 10.4. The average Bonchev–Trinajstić information content (AvgIpc) is 2.81. The van der Waals surface area contributed by atoms with Gasteiger partial charge in [-0.05, 0) is 38.6 Å². The smallest absolute Gasteiger partial charge is 0.0540 e. The van der Waals surface area contributed by atoms with E-state index in [4.69, 9.17) is 11.5 Å². The van der Waals surface area contributed by atoms with Gasteiger partial charge in [-0.3, -0.25) is 0 Å². The standard InChI is InChI=1S/C18H39NO.C12H27N/c1-2-3-4-5-9-12-15-18(20)16-13-10-7-6-8-11-14-17-19;1-3-5-6-7-8-9-11-12(13)10-4-2/h18,20H,2-17,19H2,1H3;12H,3-11,13H2,1-2H3. The van der Waals surface area contributed by atoms with Crippen LogP contribution in [0.1, 0.15) is 175 Å². The summed E-state index contributed by atoms with van der Waals surface area (Å²) in [6.07, 6.45) is 30.8. The van der Waals surface area contributed by atoms with Crippen LogP contribution in [0.3, 0.4) is 0 Å². The Bertz CT molecular complexity index is 324. The Morgan fingerprint density at radius 1 is 0.455 bits per heavy atom. The molecule has 0 aliphatic carbocycles. The molecule has 0 rings (SSSR count). The third-order valence-corrected chi connectivity index (χ3v) is 6.72. The van der Waals surface area contributed by atoms with E-state index in [0.29, 0.717) is 6.04 Å². The maximum atomic E-state index is 9.91. The molecule has 3 heteroatoms. The van der Waals surface area contributed by atoms with Gasteiger partial charge in [0.1, 0.15) is 0 Å². The molecule has 202 valence electrons. The summed E-state index contributed by atoms with van der Waals surface area (Å²) in [7, 11) is 0. The fraction of sp³-hybridized carbons (Fsp3) is 1.00. The van der Waals surface area contributed by atoms with Crippen molar-refractivity contribution in [2.45, 2.75) is 187 Å². The Balaban J connectivity index is 0. The van der Waals surface area contributed by atoms with E-state index in [0.717, 1.165) is 19.4 Å². The van der Waals surface area contributed by atoms with Gasteiger partial charge in [-0.25, -0.2) is 0 Å². The van der Waals surface area contributed by atoms with E-state index in [1.54, 1.807) is 0 Å². The van der Waals surface area contributed by atoms with Crippen molar-refractivity contribution in [2.75, 3.05) is 6.54 Å². The van der Waals surface area contributed by atoms with Crippen LogP contribution >= 0.6 is 0 Å². The van der Waals surface area contributed by atoms with Crippen molar-refractivity contribution in [1.29, 1.82) is 0 Å². The number of aliphatic hydroxyl groups excluding tert-OH is 1. The van der Waals surface area contributed by atoms with Crippen LogP contribution in [0.4, 0.5) is 0 Å². The second kappa shape index (κ2) is 31.9. The van der Waals surface area contributed by atoms with Crippen LogP contribution in [0.25, 0.3) is 0 Å². The molecule has 0 saturated carbocycles. The van der Waals surface area contributed by atoms with Crippen LogP contribution in [0, 0.1) is 0 Å². The van der Waals surface area contributed by atoms with Crippen LogP contribution in [0.2, 0.25) is 0 Å². The third kappa shape index (κ3) is 34.1. The summed E-state index contributed by atoms with van der Waals surface area (Å²) in [5, 5.41) is 9.91. The van der Waals surface area contributed by atoms with E-state index in [1.807, 2.05) is 0 Å². The molecule has 0 aromatic carbocycles. The summed E-state index contributed by atoms with van der Waals surface area (Å²) < 4.78 is 0. The van der Waals surface area contributed by atoms with Crippen LogP contribution < -0.4 is 11.5 Å². The molecule has 0 bridgehead atoms. The normalized spacial score (nSPS) is 12.9. The van der Waals surface area contributed by atoms with Crippen LogP contribution in [0.5, 0.6) is 0 Å². The summed E-state index contributed by atoms with van der Waals surface area (Å²) >= 11 is 0. The van der Waals surface area contributed by atoms with Crippen molar-refractivity contribution in [1.82, 2.24) is 0 Å². The average molecular weight is 471 g/mol. The molecule has 0 spiro atoms. The molecule has 0 amide bonds. The molecule has 0 saturated heterocycles. The first-order chi connectivity index (χ1) is 16.1. The number of rotatable bonds is 25. The number of hydrogen-bond donors (Lipinski definition) is 3. The molecule has 2 atom stereocenters. The highest BCUT2D eigenvalue weighted by Gasteiger charge is 2.03. The Kier molecular flexibility index (Phi) is 33.9. The molecule has 0 radical (unpaired) electrons. The molecule has 0 aromatic heterocycles. The van der Waals surface area contributed by atoms with Gasteiger partial charge < -0.3 is 16.6 Å². The number of nitrogens with two attached hydrogens (primary N) is 2. The quantitative estimate of drug-likeness (QED) is 0.116. The Labute approximate surface area is 210 Å². The zero-order chi connectivity index (χ0) is 24.8. The first-order valence-electron chi connectivity index (χ1n) is 15.3. The lowest BCUT2D eigenvalue weighted by molar-refractivity contribution is 0.147. The topological polar surface area (TPSA) is 72.3 Å². The van der Waals surface area contributed by atoms with E-state index in [9.17, 15) is 5.11 Å². The maximum Gasteiger partial charge on any atom is 0.0540 e. The van der Waals surface area contributed by atoms with Crippen LogP contribution in [-0.2, 0) is 0 Å². The minimum absolute atomic E-state index is 0.0431. The summed E-state index contributed by atoms with van der Waals surface area (Å²) in [6, 6.07) is 0.469. The molecule has 3 nitrogen and oxygen atoms in total. The van der Waals surface area contributed by atoms with Gasteiger partial charge in [0.05, 0.1) is 6.10 Å². The molecule has 0 aliphatic heterocycles. The zero-order valence-corrected chi connectivity index (χ0v) is 23.4. The summed E-state index contributed by atoms with van der Waals surface area (Å²) in [6.45, 7) is 7.56. The minimum atomic E-state index is -0.0431. The van der Waals surface area contributed by atoms with Crippen molar-refractivity contribution >= 4 is 0 Å². The minimum Gasteiger partial charge on any atom is -0.393 e. The van der Waals surface area contributed by atoms with Gasteiger partial charge in [0, 0.05) is 6.04 Å². The molecule has 0 aromatic rings. The van der Waals surface area contributed by atoms with Gasteiger partial charge in [-0.2, -0.15) is 0 Å². The van der Waals surface area contributed by atoms with E-state index in [2.05, 4.69) is 20.8 Å². The molecule has 33 heavy (non-hydrogen) atoms. The Hall–Kier alpha value is -0.120. The van der Waals surface area contributed by atoms with Crippen molar-refractivity contribution in [3.05, 3.63) is 0 Å². The highest BCUT2D eigenvalue weighted by atomic mass is 16.3. The largest absolute Gasteiger partial charge is 0.393 e. The van der Waals surface area contributed by atoms with E-state index >= 15 is 0 Å². The van der Waals surface area contributed by atoms with E-state index in [1.165, 1.54) is 141 Å². The van der Waals surface area contributed by atoms with Gasteiger partial charge >= 0.3 is 0 Å². The predicted octanol–water partition coefficient (Wildman–Crippen LogP) is 9.04. The lowest BCUT2D eigenvalue weighted by atomic mass is 10.0. The summed E-state index contributed by atoms with van der Waals surface area (Å²) in [5.41, 5.74) is 11.4. The molecule has 0 aliphatic rings. The number of unbranched alkanes of at least 4 members (excludes halogenated alkanes) is 16. The first kappa shape index (κ1) is 35.0. The highest BCUT2D eigenvalue weighted by Crippen LogP contribution is 2.14. The van der Waals surface area contributed by atoms with Crippen molar-refractivity contribution in [3.8, 4) is 0 Å². The van der Waals surface area contributed by atoms with Gasteiger partial charge in [-0.15, -0.1) is 0 Å². The van der Waals surface area contributed by atoms with Crippen molar-refractivity contribution in [3.63, 3.8) is 0 Å². The lowest BCUT2D eigenvalue weighted by Crippen LogP contribution is -2.18. The third-order valence-electron chi connectivity index (χ3n) is 6.72. The van der Waals surface area contributed by atoms with Crippen molar-refractivity contribution in [2.24, 2.45) is 11.5 Å². The maximum absolute atomic E-state index is 9.91.